The van der Waals surface area contributed by atoms with Crippen molar-refractivity contribution in [3.8, 4) is 11.4 Å². The third kappa shape index (κ3) is 3.80. The molecule has 3 aliphatic rings. The first-order valence-electron chi connectivity index (χ1n) is 10.3. The lowest BCUT2D eigenvalue weighted by Crippen LogP contribution is -2.47. The maximum Gasteiger partial charge on any atom is 0.254 e. The molecule has 0 radical (unpaired) electrons. The lowest BCUT2D eigenvalue weighted by molar-refractivity contribution is 0.0585. The van der Waals surface area contributed by atoms with Crippen molar-refractivity contribution in [1.29, 1.82) is 0 Å². The number of imidazole rings is 1. The first kappa shape index (κ1) is 18.1. The van der Waals surface area contributed by atoms with Crippen LogP contribution in [0.5, 0.6) is 0 Å². The maximum absolute atomic E-state index is 13.4. The largest absolute Gasteiger partial charge is 0.345 e. The summed E-state index contributed by atoms with van der Waals surface area (Å²) in [4.78, 5) is 29.9. The van der Waals surface area contributed by atoms with Gasteiger partial charge in [0, 0.05) is 61.9 Å². The maximum atomic E-state index is 13.4. The highest BCUT2D eigenvalue weighted by atomic mass is 16.2. The second-order valence-corrected chi connectivity index (χ2v) is 8.09. The number of rotatable bonds is 4. The molecular weight excluding hydrogens is 362 g/mol. The summed E-state index contributed by atoms with van der Waals surface area (Å²) in [5.74, 6) is 1.45. The molecule has 3 aliphatic heterocycles. The molecule has 2 bridgehead atoms. The van der Waals surface area contributed by atoms with Crippen LogP contribution in [0, 0.1) is 5.92 Å². The number of pyridine rings is 1. The fourth-order valence-electron chi connectivity index (χ4n) is 4.67. The van der Waals surface area contributed by atoms with Crippen LogP contribution in [-0.4, -0.2) is 56.3 Å². The number of aromatic amines is 1. The molecule has 5 heterocycles. The van der Waals surface area contributed by atoms with Crippen molar-refractivity contribution in [3.63, 3.8) is 0 Å². The van der Waals surface area contributed by atoms with Gasteiger partial charge in [0.15, 0.2) is 0 Å². The molecule has 1 N–H and O–H groups in total. The summed E-state index contributed by atoms with van der Waals surface area (Å²) in [7, 11) is 0. The van der Waals surface area contributed by atoms with Crippen molar-refractivity contribution in [2.45, 2.75) is 25.4 Å². The topological polar surface area (TPSA) is 65.1 Å². The number of nitrogens with one attached hydrogen (secondary N) is 1. The van der Waals surface area contributed by atoms with Crippen molar-refractivity contribution in [2.75, 3.05) is 19.6 Å². The Morgan fingerprint density at radius 1 is 1.03 bits per heavy atom. The van der Waals surface area contributed by atoms with Crippen molar-refractivity contribution >= 4 is 5.91 Å². The van der Waals surface area contributed by atoms with E-state index in [1.165, 1.54) is 6.42 Å². The van der Waals surface area contributed by atoms with Gasteiger partial charge in [-0.3, -0.25) is 14.7 Å². The molecule has 0 saturated carbocycles. The lowest BCUT2D eigenvalue weighted by atomic mass is 9.94. The van der Waals surface area contributed by atoms with Crippen LogP contribution in [0.2, 0.25) is 0 Å². The van der Waals surface area contributed by atoms with E-state index in [2.05, 4.69) is 30.8 Å². The van der Waals surface area contributed by atoms with Gasteiger partial charge in [0.05, 0.1) is 5.69 Å². The second kappa shape index (κ2) is 7.79. The van der Waals surface area contributed by atoms with Crippen molar-refractivity contribution in [1.82, 2.24) is 24.8 Å². The molecule has 1 amide bonds. The van der Waals surface area contributed by atoms with E-state index >= 15 is 0 Å². The molecule has 3 aromatic rings. The van der Waals surface area contributed by atoms with E-state index in [-0.39, 0.29) is 11.9 Å². The predicted molar refractivity (Wildman–Crippen MR) is 111 cm³/mol. The Hall–Kier alpha value is -2.99. The van der Waals surface area contributed by atoms with Crippen LogP contribution < -0.4 is 0 Å². The monoisotopic (exact) mass is 387 g/mol. The van der Waals surface area contributed by atoms with E-state index in [0.717, 1.165) is 55.2 Å². The molecule has 3 fully saturated rings. The zero-order valence-electron chi connectivity index (χ0n) is 16.4. The SMILES string of the molecule is O=C(c1cccc(-c2ncc[nH]2)c1)N1C[C@H]2CC[C@@H]1CN(Cc1ccccn1)C2. The first-order valence-corrected chi connectivity index (χ1v) is 10.3. The summed E-state index contributed by atoms with van der Waals surface area (Å²) in [6, 6.07) is 14.1. The van der Waals surface area contributed by atoms with Gasteiger partial charge in [-0.05, 0) is 43.0 Å². The quantitative estimate of drug-likeness (QED) is 0.747. The van der Waals surface area contributed by atoms with Gasteiger partial charge in [-0.2, -0.15) is 0 Å². The average molecular weight is 387 g/mol. The third-order valence-corrected chi connectivity index (χ3v) is 6.04. The molecule has 3 saturated heterocycles. The van der Waals surface area contributed by atoms with Gasteiger partial charge >= 0.3 is 0 Å². The highest BCUT2D eigenvalue weighted by Gasteiger charge is 2.37. The third-order valence-electron chi connectivity index (χ3n) is 6.04. The van der Waals surface area contributed by atoms with E-state index in [0.29, 0.717) is 5.92 Å². The van der Waals surface area contributed by atoms with Gasteiger partial charge in [0.2, 0.25) is 0 Å². The Morgan fingerprint density at radius 3 is 2.83 bits per heavy atom. The Labute approximate surface area is 170 Å². The summed E-state index contributed by atoms with van der Waals surface area (Å²) in [5.41, 5.74) is 2.78. The fraction of sp³-hybridized carbons (Fsp3) is 0.348. The number of amides is 1. The predicted octanol–water partition coefficient (Wildman–Crippen LogP) is 3.21. The van der Waals surface area contributed by atoms with Crippen molar-refractivity contribution in [2.24, 2.45) is 5.92 Å². The van der Waals surface area contributed by atoms with Crippen LogP contribution in [0.15, 0.2) is 61.1 Å². The highest BCUT2D eigenvalue weighted by molar-refractivity contribution is 5.95. The number of H-pyrrole nitrogens is 1. The molecule has 2 aromatic heterocycles. The standard InChI is InChI=1S/C23H25N5O/c29-23(19-5-3-4-18(12-19)22-25-10-11-26-22)28-14-17-7-8-21(28)16-27(13-17)15-20-6-1-2-9-24-20/h1-6,9-12,17,21H,7-8,13-16H2,(H,25,26)/t17-,21+/m0/s1. The van der Waals surface area contributed by atoms with Gasteiger partial charge in [0.1, 0.15) is 5.82 Å². The number of carbonyl (C=O) groups is 1. The van der Waals surface area contributed by atoms with Crippen LogP contribution >= 0.6 is 0 Å². The molecule has 6 nitrogen and oxygen atoms in total. The van der Waals surface area contributed by atoms with E-state index in [1.807, 2.05) is 42.6 Å². The Morgan fingerprint density at radius 2 is 2.00 bits per heavy atom. The van der Waals surface area contributed by atoms with Gasteiger partial charge < -0.3 is 9.88 Å². The molecule has 29 heavy (non-hydrogen) atoms. The van der Waals surface area contributed by atoms with Crippen molar-refractivity contribution in [3.05, 3.63) is 72.3 Å². The molecule has 1 aromatic carbocycles. The van der Waals surface area contributed by atoms with E-state index in [1.54, 1.807) is 12.4 Å². The molecule has 0 aliphatic carbocycles. The molecule has 148 valence electrons. The van der Waals surface area contributed by atoms with Gasteiger partial charge in [-0.1, -0.05) is 18.2 Å². The number of nitrogens with zero attached hydrogens (tertiary/aromatic N) is 4. The summed E-state index contributed by atoms with van der Waals surface area (Å²) < 4.78 is 0. The Balaban J connectivity index is 1.34. The highest BCUT2D eigenvalue weighted by Crippen LogP contribution is 2.30. The Bertz CT molecular complexity index is 972. The molecule has 2 atom stereocenters. The normalized spacial score (nSPS) is 21.9. The van der Waals surface area contributed by atoms with E-state index in [9.17, 15) is 4.79 Å². The second-order valence-electron chi connectivity index (χ2n) is 8.09. The number of carbonyl (C=O) groups excluding carboxylic acids is 1. The molecule has 0 unspecified atom stereocenters. The van der Waals surface area contributed by atoms with Gasteiger partial charge in [-0.15, -0.1) is 0 Å². The summed E-state index contributed by atoms with van der Waals surface area (Å²) in [6.07, 6.45) is 7.65. The Kier molecular flexibility index (Phi) is 4.86. The number of fused-ring (bicyclic) bond motifs is 4. The van der Waals surface area contributed by atoms with E-state index in [4.69, 9.17) is 0 Å². The number of benzene rings is 1. The number of hydrogen-bond acceptors (Lipinski definition) is 4. The van der Waals surface area contributed by atoms with Crippen LogP contribution in [0.25, 0.3) is 11.4 Å². The minimum Gasteiger partial charge on any atom is -0.345 e. The lowest BCUT2D eigenvalue weighted by Gasteiger charge is -2.36. The molecule has 6 rings (SSSR count). The molecule has 6 heteroatoms. The average Bonchev–Trinajstić information content (AvgIpc) is 3.17. The van der Waals surface area contributed by atoms with E-state index < -0.39 is 0 Å². The smallest absolute Gasteiger partial charge is 0.254 e. The zero-order chi connectivity index (χ0) is 19.6. The number of aromatic nitrogens is 3. The number of hydrogen-bond donors (Lipinski definition) is 1. The molecular formula is C23H25N5O. The van der Waals surface area contributed by atoms with Crippen LogP contribution in [0.4, 0.5) is 0 Å². The molecule has 0 spiro atoms. The minimum absolute atomic E-state index is 0.132. The fourth-order valence-corrected chi connectivity index (χ4v) is 4.67. The first-order chi connectivity index (χ1) is 14.3. The van der Waals surface area contributed by atoms with Gasteiger partial charge in [0.25, 0.3) is 5.91 Å². The van der Waals surface area contributed by atoms with Crippen LogP contribution in [-0.2, 0) is 6.54 Å². The summed E-state index contributed by atoms with van der Waals surface area (Å²) in [5, 5.41) is 0. The summed E-state index contributed by atoms with van der Waals surface area (Å²) in [6.45, 7) is 3.64. The van der Waals surface area contributed by atoms with Crippen molar-refractivity contribution < 1.29 is 4.79 Å². The number of piperidine rings is 1. The van der Waals surface area contributed by atoms with Gasteiger partial charge in [-0.25, -0.2) is 4.98 Å². The zero-order valence-corrected chi connectivity index (χ0v) is 16.4. The van der Waals surface area contributed by atoms with Crippen LogP contribution in [0.1, 0.15) is 28.9 Å². The summed E-state index contributed by atoms with van der Waals surface area (Å²) >= 11 is 0. The minimum atomic E-state index is 0.132. The van der Waals surface area contributed by atoms with Crippen LogP contribution in [0.3, 0.4) is 0 Å².